The first-order valence-corrected chi connectivity index (χ1v) is 6.68. The molecule has 0 aliphatic heterocycles. The maximum atomic E-state index is 11.8. The third-order valence-corrected chi connectivity index (χ3v) is 3.27. The van der Waals surface area contributed by atoms with Gasteiger partial charge in [-0.15, -0.1) is 0 Å². The van der Waals surface area contributed by atoms with Gasteiger partial charge in [0.05, 0.1) is 5.56 Å². The van der Waals surface area contributed by atoms with Crippen LogP contribution in [0.25, 0.3) is 22.6 Å². The van der Waals surface area contributed by atoms with E-state index in [2.05, 4.69) is 4.98 Å². The SMILES string of the molecule is NCCC(=O)c1ccc(-c2nc3ccccc3o2)c(N)c1. The van der Waals surface area contributed by atoms with Gasteiger partial charge in [-0.1, -0.05) is 18.2 Å². The average molecular weight is 281 g/mol. The maximum absolute atomic E-state index is 11.8. The molecule has 0 bridgehead atoms. The average Bonchev–Trinajstić information content (AvgIpc) is 2.90. The van der Waals surface area contributed by atoms with Crippen LogP contribution in [0.1, 0.15) is 16.8 Å². The lowest BCUT2D eigenvalue weighted by molar-refractivity contribution is 0.0985. The van der Waals surface area contributed by atoms with Crippen LogP contribution < -0.4 is 11.5 Å². The molecule has 5 heteroatoms. The number of carbonyl (C=O) groups is 1. The summed E-state index contributed by atoms with van der Waals surface area (Å²) in [4.78, 5) is 16.2. The fourth-order valence-electron chi connectivity index (χ4n) is 2.19. The van der Waals surface area contributed by atoms with Gasteiger partial charge in [-0.3, -0.25) is 4.79 Å². The minimum Gasteiger partial charge on any atom is -0.436 e. The number of benzene rings is 2. The summed E-state index contributed by atoms with van der Waals surface area (Å²) >= 11 is 0. The first kappa shape index (κ1) is 13.3. The van der Waals surface area contributed by atoms with Crippen molar-refractivity contribution >= 4 is 22.6 Å². The second-order valence-corrected chi connectivity index (χ2v) is 4.75. The van der Waals surface area contributed by atoms with Crippen molar-refractivity contribution in [3.63, 3.8) is 0 Å². The molecule has 0 saturated carbocycles. The van der Waals surface area contributed by atoms with Crippen molar-refractivity contribution in [3.8, 4) is 11.5 Å². The van der Waals surface area contributed by atoms with Gasteiger partial charge >= 0.3 is 0 Å². The molecular weight excluding hydrogens is 266 g/mol. The molecule has 0 saturated heterocycles. The van der Waals surface area contributed by atoms with Gasteiger partial charge in [-0.05, 0) is 30.8 Å². The van der Waals surface area contributed by atoms with Crippen molar-refractivity contribution in [1.82, 2.24) is 4.98 Å². The summed E-state index contributed by atoms with van der Waals surface area (Å²) in [6.07, 6.45) is 0.307. The van der Waals surface area contributed by atoms with Gasteiger partial charge in [-0.25, -0.2) is 4.98 Å². The number of fused-ring (bicyclic) bond motifs is 1. The lowest BCUT2D eigenvalue weighted by Crippen LogP contribution is -2.08. The summed E-state index contributed by atoms with van der Waals surface area (Å²) < 4.78 is 5.69. The van der Waals surface area contributed by atoms with Crippen LogP contribution in [0.4, 0.5) is 5.69 Å². The second-order valence-electron chi connectivity index (χ2n) is 4.75. The number of aromatic nitrogens is 1. The second kappa shape index (κ2) is 5.38. The Morgan fingerprint density at radius 3 is 2.71 bits per heavy atom. The predicted molar refractivity (Wildman–Crippen MR) is 81.9 cm³/mol. The zero-order chi connectivity index (χ0) is 14.8. The smallest absolute Gasteiger partial charge is 0.229 e. The Bertz CT molecular complexity index is 775. The maximum Gasteiger partial charge on any atom is 0.229 e. The summed E-state index contributed by atoms with van der Waals surface area (Å²) in [7, 11) is 0. The third-order valence-electron chi connectivity index (χ3n) is 3.27. The Morgan fingerprint density at radius 2 is 2.00 bits per heavy atom. The lowest BCUT2D eigenvalue weighted by atomic mass is 10.0. The number of rotatable bonds is 4. The number of nitrogens with two attached hydrogens (primary N) is 2. The molecule has 4 N–H and O–H groups in total. The van der Waals surface area contributed by atoms with Crippen molar-refractivity contribution in [1.29, 1.82) is 0 Å². The summed E-state index contributed by atoms with van der Waals surface area (Å²) in [6.45, 7) is 0.325. The van der Waals surface area contributed by atoms with Crippen molar-refractivity contribution in [2.45, 2.75) is 6.42 Å². The minimum absolute atomic E-state index is 0.0201. The van der Waals surface area contributed by atoms with E-state index in [1.54, 1.807) is 18.2 Å². The van der Waals surface area contributed by atoms with E-state index in [4.69, 9.17) is 15.9 Å². The van der Waals surface area contributed by atoms with Crippen molar-refractivity contribution in [2.24, 2.45) is 5.73 Å². The van der Waals surface area contributed by atoms with Crippen molar-refractivity contribution < 1.29 is 9.21 Å². The fraction of sp³-hybridized carbons (Fsp3) is 0.125. The molecular formula is C16H15N3O2. The van der Waals surface area contributed by atoms with E-state index in [1.165, 1.54) is 0 Å². The minimum atomic E-state index is -0.0201. The van der Waals surface area contributed by atoms with E-state index in [-0.39, 0.29) is 5.78 Å². The van der Waals surface area contributed by atoms with Gasteiger partial charge < -0.3 is 15.9 Å². The third kappa shape index (κ3) is 2.51. The van der Waals surface area contributed by atoms with Gasteiger partial charge in [0.1, 0.15) is 5.52 Å². The number of Topliss-reactive ketones (excluding diaryl/α,β-unsaturated/α-hetero) is 1. The first-order chi connectivity index (χ1) is 10.2. The quantitative estimate of drug-likeness (QED) is 0.566. The van der Waals surface area contributed by atoms with Crippen LogP contribution in [0.5, 0.6) is 0 Å². The van der Waals surface area contributed by atoms with E-state index in [1.807, 2.05) is 24.3 Å². The van der Waals surface area contributed by atoms with Gasteiger partial charge in [0.2, 0.25) is 5.89 Å². The Morgan fingerprint density at radius 1 is 1.19 bits per heavy atom. The molecule has 1 aromatic heterocycles. The molecule has 0 radical (unpaired) electrons. The number of carbonyl (C=O) groups excluding carboxylic acids is 1. The van der Waals surface area contributed by atoms with Crippen molar-refractivity contribution in [2.75, 3.05) is 12.3 Å². The molecule has 5 nitrogen and oxygen atoms in total. The molecule has 0 aliphatic carbocycles. The monoisotopic (exact) mass is 281 g/mol. The van der Waals surface area contributed by atoms with Crippen LogP contribution in [0, 0.1) is 0 Å². The Kier molecular flexibility index (Phi) is 3.41. The van der Waals surface area contributed by atoms with Crippen molar-refractivity contribution in [3.05, 3.63) is 48.0 Å². The highest BCUT2D eigenvalue weighted by atomic mass is 16.3. The van der Waals surface area contributed by atoms with Crippen LogP contribution >= 0.6 is 0 Å². The number of anilines is 1. The molecule has 106 valence electrons. The molecule has 0 spiro atoms. The van der Waals surface area contributed by atoms with Crippen LogP contribution in [0.2, 0.25) is 0 Å². The number of ketones is 1. The molecule has 0 unspecified atom stereocenters. The number of hydrogen-bond donors (Lipinski definition) is 2. The van der Waals surface area contributed by atoms with Crippen LogP contribution in [-0.2, 0) is 0 Å². The first-order valence-electron chi connectivity index (χ1n) is 6.68. The highest BCUT2D eigenvalue weighted by Crippen LogP contribution is 2.29. The number of hydrogen-bond acceptors (Lipinski definition) is 5. The summed E-state index contributed by atoms with van der Waals surface area (Å²) in [5, 5.41) is 0. The fourth-order valence-corrected chi connectivity index (χ4v) is 2.19. The van der Waals surface area contributed by atoms with Crippen LogP contribution in [0.15, 0.2) is 46.9 Å². The molecule has 3 aromatic rings. The molecule has 21 heavy (non-hydrogen) atoms. The number of oxazole rings is 1. The topological polar surface area (TPSA) is 95.1 Å². The molecule has 3 rings (SSSR count). The number of nitrogens with zero attached hydrogens (tertiary/aromatic N) is 1. The number of para-hydroxylation sites is 2. The molecule has 1 heterocycles. The van der Waals surface area contributed by atoms with E-state index < -0.39 is 0 Å². The van der Waals surface area contributed by atoms with Gasteiger partial charge in [0.25, 0.3) is 0 Å². The standard InChI is InChI=1S/C16H15N3O2/c17-8-7-14(20)10-5-6-11(12(18)9-10)16-19-13-3-1-2-4-15(13)21-16/h1-6,9H,7-8,17-18H2. The molecule has 2 aromatic carbocycles. The summed E-state index contributed by atoms with van der Waals surface area (Å²) in [6, 6.07) is 12.6. The normalized spacial score (nSPS) is 10.9. The summed E-state index contributed by atoms with van der Waals surface area (Å²) in [5.74, 6) is 0.430. The molecule has 0 aliphatic rings. The lowest BCUT2D eigenvalue weighted by Gasteiger charge is -2.04. The largest absolute Gasteiger partial charge is 0.436 e. The van der Waals surface area contributed by atoms with Gasteiger partial charge in [-0.2, -0.15) is 0 Å². The number of nitrogen functional groups attached to an aromatic ring is 1. The van der Waals surface area contributed by atoms with E-state index in [9.17, 15) is 4.79 Å². The van der Waals surface area contributed by atoms with E-state index >= 15 is 0 Å². The van der Waals surface area contributed by atoms with Gasteiger partial charge in [0, 0.05) is 17.7 Å². The highest BCUT2D eigenvalue weighted by molar-refractivity contribution is 5.98. The zero-order valence-corrected chi connectivity index (χ0v) is 11.4. The van der Waals surface area contributed by atoms with Gasteiger partial charge in [0.15, 0.2) is 11.4 Å². The molecule has 0 atom stereocenters. The van der Waals surface area contributed by atoms with E-state index in [0.29, 0.717) is 41.3 Å². The Hall–Kier alpha value is -2.66. The zero-order valence-electron chi connectivity index (χ0n) is 11.4. The Labute approximate surface area is 121 Å². The molecule has 0 fully saturated rings. The predicted octanol–water partition coefficient (Wildman–Crippen LogP) is 2.61. The Balaban J connectivity index is 2.00. The summed E-state index contributed by atoms with van der Waals surface area (Å²) in [5.41, 5.74) is 14.6. The van der Waals surface area contributed by atoms with E-state index in [0.717, 1.165) is 5.52 Å². The van der Waals surface area contributed by atoms with Crippen LogP contribution in [0.3, 0.4) is 0 Å². The highest BCUT2D eigenvalue weighted by Gasteiger charge is 2.13. The molecule has 0 amide bonds. The van der Waals surface area contributed by atoms with Crippen LogP contribution in [-0.4, -0.2) is 17.3 Å².